The monoisotopic (exact) mass is 1220 g/mol. The first-order valence-electron chi connectivity index (χ1n) is 31.0. The zero-order chi connectivity index (χ0) is 66.9. The number of nitrogens with zero attached hydrogens (tertiary/aromatic N) is 6. The number of aliphatic hydroxyl groups excluding tert-OH is 1. The molecule has 494 valence electrons. The highest BCUT2D eigenvalue weighted by molar-refractivity contribution is 5.98. The van der Waals surface area contributed by atoms with E-state index in [0.717, 1.165) is 9.80 Å². The molecule has 0 aromatic heterocycles. The maximum absolute atomic E-state index is 14.6. The number of amides is 10. The van der Waals surface area contributed by atoms with Crippen LogP contribution in [-0.4, -0.2) is 222 Å². The van der Waals surface area contributed by atoms with E-state index < -0.39 is 144 Å². The van der Waals surface area contributed by atoms with Crippen molar-refractivity contribution < 1.29 is 57.8 Å². The number of carbonyl (C=O) groups excluding carboxylic acids is 11. The highest BCUT2D eigenvalue weighted by Gasteiger charge is 2.44. The molecule has 0 rings (SSSR count). The van der Waals surface area contributed by atoms with E-state index in [1.54, 1.807) is 61.7 Å². The molecule has 0 spiro atoms. The molecule has 0 bridgehead atoms. The second-order valence-electron chi connectivity index (χ2n) is 25.8. The largest absolute Gasteiger partial charge is 0.390 e. The first-order chi connectivity index (χ1) is 39.8. The lowest BCUT2D eigenvalue weighted by Crippen LogP contribution is -2.63. The van der Waals surface area contributed by atoms with Gasteiger partial charge in [0.2, 0.25) is 59.1 Å². The Bertz CT molecular complexity index is 2260. The molecule has 10 amide bonds. The molecule has 23 nitrogen and oxygen atoms in total. The Kier molecular flexibility index (Phi) is 35.7. The van der Waals surface area contributed by atoms with Crippen molar-refractivity contribution in [3.8, 4) is 0 Å². The number of aldehydes is 1. The van der Waals surface area contributed by atoms with Gasteiger partial charge in [0.05, 0.1) is 24.7 Å². The second-order valence-corrected chi connectivity index (χ2v) is 25.8. The van der Waals surface area contributed by atoms with Crippen LogP contribution in [0.15, 0.2) is 12.2 Å². The molecule has 0 aliphatic heterocycles. The average molecular weight is 1220 g/mol. The van der Waals surface area contributed by atoms with Crippen LogP contribution in [0.1, 0.15) is 163 Å². The van der Waals surface area contributed by atoms with Gasteiger partial charge >= 0.3 is 0 Å². The lowest BCUT2D eigenvalue weighted by molar-refractivity contribution is -0.154. The molecule has 23 heteroatoms. The molecule has 13 atom stereocenters. The van der Waals surface area contributed by atoms with Gasteiger partial charge in [0.1, 0.15) is 54.6 Å². The van der Waals surface area contributed by atoms with Crippen molar-refractivity contribution in [3.05, 3.63) is 12.2 Å². The summed E-state index contributed by atoms with van der Waals surface area (Å²) in [4.78, 5) is 161. The summed E-state index contributed by atoms with van der Waals surface area (Å²) in [6, 6.07) is -10.6. The number of hydrogen-bond acceptors (Lipinski definition) is 13. The standard InChI is InChI=1S/C63H115N11O12/c1-25-28-29-42(15)54(77)53(74(24)63(86)52(40(12)13)73(23)61(84)47(64-18)31-37(6)7)58(81)67-46(27-3)60(83)69(19)34-50(76)71(21)49(33-41(14)26-2)57(80)68-51(39(10)11)62(85)72(22)48(32-38(8)9)56(79)65-43(16)55(78)66-44(17)59(82)70(20)45(35-75)30-36(4)5/h25,28,35-49,51-54,64,77H,26-27,29-34H2,1-24H3,(H,65,79)(H,66,78)(H,67,81)(H,68,80)/b28-25+/t41?,42-,43+,44-,45+,46+,47+,48+,49+,51+,52+,53+,54-/m1/s1. The zero-order valence-corrected chi connectivity index (χ0v) is 56.9. The highest BCUT2D eigenvalue weighted by atomic mass is 16.3. The molecule has 0 fully saturated rings. The van der Waals surface area contributed by atoms with E-state index in [-0.39, 0.29) is 48.8 Å². The Hall–Kier alpha value is -5.97. The van der Waals surface area contributed by atoms with Gasteiger partial charge in [0, 0.05) is 42.3 Å². The van der Waals surface area contributed by atoms with E-state index in [0.29, 0.717) is 32.0 Å². The number of hydrogen-bond donors (Lipinski definition) is 6. The van der Waals surface area contributed by atoms with Crippen LogP contribution in [-0.2, 0) is 52.7 Å². The summed E-state index contributed by atoms with van der Waals surface area (Å²) in [7, 11) is 10.4. The fraction of sp³-hybridized carbons (Fsp3) is 0.794. The minimum atomic E-state index is -1.51. The molecule has 0 aliphatic carbocycles. The summed E-state index contributed by atoms with van der Waals surface area (Å²) >= 11 is 0. The van der Waals surface area contributed by atoms with Crippen LogP contribution >= 0.6 is 0 Å². The van der Waals surface area contributed by atoms with E-state index in [1.807, 2.05) is 68.4 Å². The first kappa shape index (κ1) is 80.0. The summed E-state index contributed by atoms with van der Waals surface area (Å²) in [5.41, 5.74) is 0. The van der Waals surface area contributed by atoms with E-state index in [9.17, 15) is 57.8 Å². The molecular weight excluding hydrogens is 1100 g/mol. The minimum absolute atomic E-state index is 0.0512. The number of allylic oxidation sites excluding steroid dienone is 2. The van der Waals surface area contributed by atoms with Crippen LogP contribution in [0.5, 0.6) is 0 Å². The van der Waals surface area contributed by atoms with Crippen molar-refractivity contribution >= 4 is 65.4 Å². The summed E-state index contributed by atoms with van der Waals surface area (Å²) < 4.78 is 0. The van der Waals surface area contributed by atoms with Crippen LogP contribution in [0.2, 0.25) is 0 Å². The molecule has 0 radical (unpaired) electrons. The second kappa shape index (κ2) is 38.3. The predicted octanol–water partition coefficient (Wildman–Crippen LogP) is 3.61. The lowest BCUT2D eigenvalue weighted by Gasteiger charge is -2.40. The third kappa shape index (κ3) is 24.3. The van der Waals surface area contributed by atoms with Gasteiger partial charge in [-0.25, -0.2) is 0 Å². The first-order valence-corrected chi connectivity index (χ1v) is 31.0. The Morgan fingerprint density at radius 2 is 1.00 bits per heavy atom. The molecule has 0 aromatic rings. The number of likely N-dealkylation sites (N-methyl/N-ethyl adjacent to an activating group) is 7. The molecule has 0 saturated heterocycles. The Morgan fingerprint density at radius 1 is 0.488 bits per heavy atom. The van der Waals surface area contributed by atoms with Gasteiger partial charge in [-0.1, -0.05) is 116 Å². The number of aliphatic hydroxyl groups is 1. The maximum Gasteiger partial charge on any atom is 0.246 e. The molecule has 86 heavy (non-hydrogen) atoms. The number of rotatable bonds is 38. The fourth-order valence-electron chi connectivity index (χ4n) is 10.3. The fourth-order valence-corrected chi connectivity index (χ4v) is 10.3. The number of carbonyl (C=O) groups is 11. The lowest BCUT2D eigenvalue weighted by atomic mass is 9.91. The van der Waals surface area contributed by atoms with E-state index in [4.69, 9.17) is 0 Å². The smallest absolute Gasteiger partial charge is 0.246 e. The van der Waals surface area contributed by atoms with Crippen LogP contribution < -0.4 is 26.6 Å². The molecular formula is C63H115N11O12. The molecule has 1 unspecified atom stereocenters. The maximum atomic E-state index is 14.6. The van der Waals surface area contributed by atoms with E-state index in [2.05, 4.69) is 26.6 Å². The average Bonchev–Trinajstić information content (AvgIpc) is 2.04. The van der Waals surface area contributed by atoms with E-state index >= 15 is 0 Å². The predicted molar refractivity (Wildman–Crippen MR) is 335 cm³/mol. The van der Waals surface area contributed by atoms with Crippen molar-refractivity contribution in [1.29, 1.82) is 0 Å². The normalized spacial score (nSPS) is 16.3. The van der Waals surface area contributed by atoms with Crippen molar-refractivity contribution in [2.45, 2.75) is 229 Å². The Balaban J connectivity index is 6.79. The van der Waals surface area contributed by atoms with E-state index in [1.165, 1.54) is 68.7 Å². The molecule has 0 aliphatic rings. The van der Waals surface area contributed by atoms with Crippen molar-refractivity contribution in [1.82, 2.24) is 56.0 Å². The summed E-state index contributed by atoms with van der Waals surface area (Å²) in [6.45, 7) is 30.1. The zero-order valence-electron chi connectivity index (χ0n) is 56.9. The van der Waals surface area contributed by atoms with Crippen molar-refractivity contribution in [2.75, 3.05) is 55.9 Å². The van der Waals surface area contributed by atoms with Crippen LogP contribution in [0.3, 0.4) is 0 Å². The summed E-state index contributed by atoms with van der Waals surface area (Å²) in [6.07, 6.45) is 5.27. The third-order valence-corrected chi connectivity index (χ3v) is 16.2. The molecule has 0 heterocycles. The quantitative estimate of drug-likeness (QED) is 0.0381. The Morgan fingerprint density at radius 3 is 1.47 bits per heavy atom. The van der Waals surface area contributed by atoms with Gasteiger partial charge in [-0.3, -0.25) is 47.9 Å². The van der Waals surface area contributed by atoms with Gasteiger partial charge in [-0.05, 0) is 108 Å². The van der Waals surface area contributed by atoms with Crippen LogP contribution in [0.25, 0.3) is 0 Å². The topological polar surface area (TPSA) is 288 Å². The van der Waals surface area contributed by atoms with Crippen molar-refractivity contribution in [3.63, 3.8) is 0 Å². The van der Waals surface area contributed by atoms with Crippen LogP contribution in [0, 0.1) is 41.4 Å². The molecule has 6 N–H and O–H groups in total. The van der Waals surface area contributed by atoms with Gasteiger partial charge in [0.25, 0.3) is 0 Å². The van der Waals surface area contributed by atoms with Gasteiger partial charge < -0.3 is 65.9 Å². The summed E-state index contributed by atoms with van der Waals surface area (Å²) in [5.74, 6) is -7.41. The van der Waals surface area contributed by atoms with Crippen molar-refractivity contribution in [2.24, 2.45) is 41.4 Å². The molecule has 0 aromatic carbocycles. The van der Waals surface area contributed by atoms with Gasteiger partial charge in [0.15, 0.2) is 0 Å². The van der Waals surface area contributed by atoms with Gasteiger partial charge in [-0.15, -0.1) is 0 Å². The Labute approximate surface area is 516 Å². The molecule has 0 saturated carbocycles. The van der Waals surface area contributed by atoms with Gasteiger partial charge in [-0.2, -0.15) is 0 Å². The van der Waals surface area contributed by atoms with Crippen LogP contribution in [0.4, 0.5) is 0 Å². The highest BCUT2D eigenvalue weighted by Crippen LogP contribution is 2.24. The minimum Gasteiger partial charge on any atom is -0.390 e. The SMILES string of the molecule is C/C=C/C[C@@H](C)[C@@H](O)[C@@H](C(=O)N[C@@H](CC)C(=O)N(C)CC(=O)N(C)[C@@H](CC(C)CC)C(=O)N[C@H](C(=O)N(C)[C@@H](CC(C)C)C(=O)N[C@@H](C)C(=O)N[C@H](C)C(=O)N(C)[C@H](C=O)CC(C)C)C(C)C)N(C)C(=O)[C@H](C(C)C)N(C)C(=O)[C@H](CC(C)C)NC. The third-order valence-electron chi connectivity index (χ3n) is 16.2. The summed E-state index contributed by atoms with van der Waals surface area (Å²) in [5, 5.41) is 25.9. The number of nitrogens with one attached hydrogen (secondary N) is 5.